The summed E-state index contributed by atoms with van der Waals surface area (Å²) in [4.78, 5) is 17.5. The van der Waals surface area contributed by atoms with Gasteiger partial charge in [0.15, 0.2) is 0 Å². The Labute approximate surface area is 175 Å². The van der Waals surface area contributed by atoms with Crippen LogP contribution in [-0.2, 0) is 16.4 Å². The smallest absolute Gasteiger partial charge is 0.270 e. The summed E-state index contributed by atoms with van der Waals surface area (Å²) in [6.45, 7) is 0.464. The molecule has 10 heteroatoms. The number of para-hydroxylation sites is 1. The molecule has 1 amide bonds. The predicted octanol–water partition coefficient (Wildman–Crippen LogP) is 3.65. The molecule has 0 saturated heterocycles. The van der Waals surface area contributed by atoms with E-state index in [1.807, 2.05) is 30.3 Å². The van der Waals surface area contributed by atoms with Crippen LogP contribution < -0.4 is 9.62 Å². The number of sulfonamides is 1. The van der Waals surface area contributed by atoms with Gasteiger partial charge in [0.2, 0.25) is 10.0 Å². The number of nitrogens with one attached hydrogen (secondary N) is 1. The van der Waals surface area contributed by atoms with Crippen LogP contribution in [0.2, 0.25) is 4.34 Å². The minimum absolute atomic E-state index is 0.0253. The molecule has 1 aliphatic rings. The summed E-state index contributed by atoms with van der Waals surface area (Å²) in [5.74, 6) is -0.549. The summed E-state index contributed by atoms with van der Waals surface area (Å²) in [6, 6.07) is 11.1. The molecule has 0 spiro atoms. The van der Waals surface area contributed by atoms with Crippen molar-refractivity contribution in [2.24, 2.45) is 0 Å². The molecule has 0 radical (unpaired) electrons. The maximum absolute atomic E-state index is 12.7. The van der Waals surface area contributed by atoms with Gasteiger partial charge in [-0.1, -0.05) is 29.8 Å². The van der Waals surface area contributed by atoms with Crippen molar-refractivity contribution in [1.29, 1.82) is 0 Å². The fourth-order valence-corrected chi connectivity index (χ4v) is 6.35. The summed E-state index contributed by atoms with van der Waals surface area (Å²) in [6.07, 6.45) is 0.704. The van der Waals surface area contributed by atoms with Gasteiger partial charge in [0.05, 0.1) is 20.7 Å². The number of amides is 1. The van der Waals surface area contributed by atoms with Crippen molar-refractivity contribution in [3.63, 3.8) is 0 Å². The fourth-order valence-electron chi connectivity index (χ4n) is 3.01. The van der Waals surface area contributed by atoms with Gasteiger partial charge in [-0.2, -0.15) is 0 Å². The summed E-state index contributed by atoms with van der Waals surface area (Å²) < 4.78 is 27.4. The van der Waals surface area contributed by atoms with Crippen LogP contribution in [0.3, 0.4) is 0 Å². The first kappa shape index (κ1) is 19.4. The molecule has 2 aromatic heterocycles. The van der Waals surface area contributed by atoms with Crippen LogP contribution in [0.5, 0.6) is 0 Å². The molecule has 0 aliphatic carbocycles. The number of hydrogen-bond acceptors (Lipinski definition) is 6. The van der Waals surface area contributed by atoms with Gasteiger partial charge in [0.25, 0.3) is 5.91 Å². The Hall–Kier alpha value is -1.94. The van der Waals surface area contributed by atoms with Crippen molar-refractivity contribution in [2.75, 3.05) is 23.1 Å². The van der Waals surface area contributed by atoms with Crippen LogP contribution in [0, 0.1) is 0 Å². The molecule has 0 fully saturated rings. The molecule has 146 valence electrons. The van der Waals surface area contributed by atoms with E-state index in [2.05, 4.69) is 10.3 Å². The topological polar surface area (TPSA) is 79.4 Å². The minimum Gasteiger partial charge on any atom is -0.350 e. The molecule has 1 aliphatic heterocycles. The Morgan fingerprint density at radius 2 is 2.07 bits per heavy atom. The Bertz CT molecular complexity index is 1120. The predicted molar refractivity (Wildman–Crippen MR) is 114 cm³/mol. The van der Waals surface area contributed by atoms with Crippen molar-refractivity contribution in [1.82, 2.24) is 10.3 Å². The zero-order valence-electron chi connectivity index (χ0n) is 14.6. The van der Waals surface area contributed by atoms with Crippen LogP contribution >= 0.6 is 34.3 Å². The van der Waals surface area contributed by atoms with E-state index in [9.17, 15) is 13.2 Å². The number of fused-ring (bicyclic) bond motifs is 1. The molecule has 0 bridgehead atoms. The van der Waals surface area contributed by atoms with Gasteiger partial charge in [-0.15, -0.1) is 22.7 Å². The number of carbonyl (C=O) groups excluding carboxylic acids is 1. The summed E-state index contributed by atoms with van der Waals surface area (Å²) in [5.41, 5.74) is 2.03. The van der Waals surface area contributed by atoms with Crippen molar-refractivity contribution >= 4 is 55.9 Å². The number of benzene rings is 1. The van der Waals surface area contributed by atoms with E-state index in [4.69, 9.17) is 11.6 Å². The second-order valence-corrected chi connectivity index (χ2v) is 10.8. The van der Waals surface area contributed by atoms with Gasteiger partial charge in [-0.3, -0.25) is 9.10 Å². The molecule has 0 saturated carbocycles. The molecule has 1 N–H and O–H groups in total. The van der Waals surface area contributed by atoms with Crippen LogP contribution in [0.1, 0.15) is 16.1 Å². The van der Waals surface area contributed by atoms with Gasteiger partial charge in [0.1, 0.15) is 10.7 Å². The Balaban J connectivity index is 1.36. The monoisotopic (exact) mass is 453 g/mol. The lowest BCUT2D eigenvalue weighted by molar-refractivity contribution is 0.0952. The average molecular weight is 454 g/mol. The number of rotatable bonds is 6. The molecular weight excluding hydrogens is 438 g/mol. The van der Waals surface area contributed by atoms with Crippen LogP contribution in [0.4, 0.5) is 5.69 Å². The molecule has 0 unspecified atom stereocenters. The van der Waals surface area contributed by atoms with Crippen molar-refractivity contribution in [3.8, 4) is 9.88 Å². The minimum atomic E-state index is -3.50. The van der Waals surface area contributed by atoms with Gasteiger partial charge >= 0.3 is 0 Å². The van der Waals surface area contributed by atoms with Gasteiger partial charge < -0.3 is 5.32 Å². The standard InChI is InChI=1S/C18H16ClN3O3S3/c19-16-6-5-15(27-16)18-21-13(11-26-18)17(23)20-8-10-28(24,25)22-9-7-12-3-1-2-4-14(12)22/h1-6,11H,7-10H2,(H,20,23). The maximum atomic E-state index is 12.7. The van der Waals surface area contributed by atoms with E-state index in [1.54, 1.807) is 11.4 Å². The highest BCUT2D eigenvalue weighted by atomic mass is 35.5. The number of hydrogen-bond donors (Lipinski definition) is 1. The number of halogens is 1. The third-order valence-electron chi connectivity index (χ3n) is 4.35. The van der Waals surface area contributed by atoms with E-state index < -0.39 is 10.0 Å². The zero-order valence-corrected chi connectivity index (χ0v) is 17.8. The van der Waals surface area contributed by atoms with E-state index in [1.165, 1.54) is 27.0 Å². The highest BCUT2D eigenvalue weighted by molar-refractivity contribution is 7.92. The van der Waals surface area contributed by atoms with Crippen molar-refractivity contribution in [2.45, 2.75) is 6.42 Å². The number of anilines is 1. The van der Waals surface area contributed by atoms with Crippen LogP contribution in [0.15, 0.2) is 41.8 Å². The third kappa shape index (κ3) is 3.93. The van der Waals surface area contributed by atoms with E-state index in [0.717, 1.165) is 16.1 Å². The Morgan fingerprint density at radius 3 is 2.86 bits per heavy atom. The van der Waals surface area contributed by atoms with Crippen molar-refractivity contribution < 1.29 is 13.2 Å². The quantitative estimate of drug-likeness (QED) is 0.617. The Kier molecular flexibility index (Phi) is 5.42. The summed E-state index contributed by atoms with van der Waals surface area (Å²) in [7, 11) is -3.50. The molecule has 1 aromatic carbocycles. The zero-order chi connectivity index (χ0) is 19.7. The molecule has 3 aromatic rings. The molecule has 0 atom stereocenters. The van der Waals surface area contributed by atoms with Gasteiger partial charge in [0, 0.05) is 18.5 Å². The fraction of sp³-hybridized carbons (Fsp3) is 0.222. The second kappa shape index (κ2) is 7.82. The molecule has 4 rings (SSSR count). The van der Waals surface area contributed by atoms with E-state index >= 15 is 0 Å². The van der Waals surface area contributed by atoms with E-state index in [-0.39, 0.29) is 23.9 Å². The maximum Gasteiger partial charge on any atom is 0.270 e. The number of carbonyl (C=O) groups is 1. The molecule has 3 heterocycles. The lowest BCUT2D eigenvalue weighted by Gasteiger charge is -2.19. The average Bonchev–Trinajstić information content (AvgIpc) is 3.40. The second-order valence-electron chi connectivity index (χ2n) is 6.16. The molecular formula is C18H16ClN3O3S3. The van der Waals surface area contributed by atoms with E-state index in [0.29, 0.717) is 22.3 Å². The highest BCUT2D eigenvalue weighted by Crippen LogP contribution is 2.33. The Morgan fingerprint density at radius 1 is 1.25 bits per heavy atom. The summed E-state index contributed by atoms with van der Waals surface area (Å²) in [5, 5.41) is 5.02. The molecule has 28 heavy (non-hydrogen) atoms. The summed E-state index contributed by atoms with van der Waals surface area (Å²) >= 11 is 8.67. The first-order valence-electron chi connectivity index (χ1n) is 8.52. The number of aromatic nitrogens is 1. The largest absolute Gasteiger partial charge is 0.350 e. The lowest BCUT2D eigenvalue weighted by atomic mass is 10.2. The lowest BCUT2D eigenvalue weighted by Crippen LogP contribution is -2.37. The first-order chi connectivity index (χ1) is 13.4. The first-order valence-corrected chi connectivity index (χ1v) is 12.2. The van der Waals surface area contributed by atoms with Gasteiger partial charge in [-0.05, 0) is 30.2 Å². The highest BCUT2D eigenvalue weighted by Gasteiger charge is 2.28. The molecule has 6 nitrogen and oxygen atoms in total. The van der Waals surface area contributed by atoms with Gasteiger partial charge in [-0.25, -0.2) is 13.4 Å². The van der Waals surface area contributed by atoms with Crippen LogP contribution in [0.25, 0.3) is 9.88 Å². The number of thiophene rings is 1. The number of nitrogens with zero attached hydrogens (tertiary/aromatic N) is 2. The number of thiazole rings is 1. The van der Waals surface area contributed by atoms with Crippen LogP contribution in [-0.4, -0.2) is 38.2 Å². The SMILES string of the molecule is O=C(NCCS(=O)(=O)N1CCc2ccccc21)c1csc(-c2ccc(Cl)s2)n1. The third-order valence-corrected chi connectivity index (χ3v) is 8.36. The van der Waals surface area contributed by atoms with Crippen molar-refractivity contribution in [3.05, 3.63) is 57.4 Å². The normalized spacial score (nSPS) is 13.5.